The van der Waals surface area contributed by atoms with Gasteiger partial charge in [0.2, 0.25) is 0 Å². The molecule has 0 radical (unpaired) electrons. The SMILES string of the molecule is COc1cccc(CN(C(=O)C2=C(c3ccc(CO)cc3)CC3CN(C(=O)OC(C)(C)C)CC2N3C(=O)O)C2CC2)c1C. The normalized spacial score (nSPS) is 20.1. The molecular weight excluding hydrogens is 550 g/mol. The second-order valence-electron chi connectivity index (χ2n) is 12.6. The van der Waals surface area contributed by atoms with Gasteiger partial charge < -0.3 is 29.5 Å². The van der Waals surface area contributed by atoms with E-state index in [-0.39, 0.29) is 38.1 Å². The predicted molar refractivity (Wildman–Crippen MR) is 160 cm³/mol. The molecule has 0 spiro atoms. The first-order valence-electron chi connectivity index (χ1n) is 14.8. The van der Waals surface area contributed by atoms with Crippen molar-refractivity contribution in [3.05, 3.63) is 70.3 Å². The van der Waals surface area contributed by atoms with Crippen molar-refractivity contribution in [2.75, 3.05) is 20.2 Å². The van der Waals surface area contributed by atoms with Crippen molar-refractivity contribution >= 4 is 23.7 Å². The molecule has 3 amide bonds. The van der Waals surface area contributed by atoms with Crippen LogP contribution in [-0.4, -0.2) is 86.9 Å². The molecule has 3 aliphatic rings. The number of piperazine rings is 1. The molecule has 2 aromatic rings. The number of carboxylic acid groups (broad SMARTS) is 1. The standard InChI is InChI=1S/C33H41N3O7/c1-20-23(7-6-8-28(20)42-5)16-35(24-13-14-24)30(38)29-26(22-11-9-21(19-37)10-12-22)15-25-17-34(32(41)43-33(2,3)4)18-27(29)36(25)31(39)40/h6-12,24-25,27,37H,13-19H2,1-5H3,(H,39,40). The van der Waals surface area contributed by atoms with Crippen molar-refractivity contribution in [1.82, 2.24) is 14.7 Å². The second kappa shape index (κ2) is 11.9. The van der Waals surface area contributed by atoms with E-state index in [9.17, 15) is 24.6 Å². The lowest BCUT2D eigenvalue weighted by atomic mass is 9.81. The van der Waals surface area contributed by atoms with Crippen molar-refractivity contribution in [2.45, 2.75) is 83.8 Å². The fraction of sp³-hybridized carbons (Fsp3) is 0.485. The highest BCUT2D eigenvalue weighted by atomic mass is 16.6. The third-order valence-corrected chi connectivity index (χ3v) is 8.45. The van der Waals surface area contributed by atoms with Gasteiger partial charge in [-0.2, -0.15) is 0 Å². The average molecular weight is 592 g/mol. The van der Waals surface area contributed by atoms with Crippen LogP contribution < -0.4 is 4.74 Å². The van der Waals surface area contributed by atoms with Crippen LogP contribution in [0.4, 0.5) is 9.59 Å². The van der Waals surface area contributed by atoms with Gasteiger partial charge in [0.1, 0.15) is 11.4 Å². The van der Waals surface area contributed by atoms with Gasteiger partial charge in [0.15, 0.2) is 0 Å². The van der Waals surface area contributed by atoms with Crippen LogP contribution in [0.2, 0.25) is 0 Å². The molecule has 1 saturated carbocycles. The fourth-order valence-corrected chi connectivity index (χ4v) is 6.17. The Morgan fingerprint density at radius 3 is 2.33 bits per heavy atom. The number of amides is 3. The van der Waals surface area contributed by atoms with Crippen LogP contribution in [0.25, 0.3) is 5.57 Å². The lowest BCUT2D eigenvalue weighted by molar-refractivity contribution is -0.129. The van der Waals surface area contributed by atoms with Gasteiger partial charge in [-0.3, -0.25) is 9.69 Å². The highest BCUT2D eigenvalue weighted by molar-refractivity contribution is 6.04. The Bertz CT molecular complexity index is 1420. The van der Waals surface area contributed by atoms with E-state index >= 15 is 0 Å². The average Bonchev–Trinajstić information content (AvgIpc) is 3.80. The number of aliphatic hydroxyl groups is 1. The maximum atomic E-state index is 14.8. The maximum Gasteiger partial charge on any atom is 0.410 e. The Morgan fingerprint density at radius 1 is 1.05 bits per heavy atom. The van der Waals surface area contributed by atoms with Gasteiger partial charge in [-0.25, -0.2) is 9.59 Å². The van der Waals surface area contributed by atoms with E-state index in [4.69, 9.17) is 9.47 Å². The number of carbonyl (C=O) groups excluding carboxylic acids is 2. The van der Waals surface area contributed by atoms with Crippen molar-refractivity contribution in [1.29, 1.82) is 0 Å². The number of hydrogen-bond acceptors (Lipinski definition) is 6. The van der Waals surface area contributed by atoms with Crippen LogP contribution in [-0.2, 0) is 22.7 Å². The summed E-state index contributed by atoms with van der Waals surface area (Å²) in [6, 6.07) is 11.8. The number of methoxy groups -OCH3 is 1. The topological polar surface area (TPSA) is 120 Å². The smallest absolute Gasteiger partial charge is 0.410 e. The first kappa shape index (κ1) is 30.4. The molecule has 43 heavy (non-hydrogen) atoms. The third-order valence-electron chi connectivity index (χ3n) is 8.45. The number of fused-ring (bicyclic) bond motifs is 2. The molecule has 10 heteroatoms. The number of rotatable bonds is 7. The summed E-state index contributed by atoms with van der Waals surface area (Å²) in [7, 11) is 1.62. The third kappa shape index (κ3) is 6.34. The molecular formula is C33H41N3O7. The van der Waals surface area contributed by atoms with Gasteiger partial charge in [-0.1, -0.05) is 36.4 Å². The molecule has 2 fully saturated rings. The molecule has 1 saturated heterocycles. The molecule has 2 aromatic carbocycles. The van der Waals surface area contributed by atoms with Gasteiger partial charge in [0.05, 0.1) is 25.8 Å². The maximum absolute atomic E-state index is 14.8. The Morgan fingerprint density at radius 2 is 1.74 bits per heavy atom. The predicted octanol–water partition coefficient (Wildman–Crippen LogP) is 4.81. The van der Waals surface area contributed by atoms with Crippen molar-refractivity contribution in [3.8, 4) is 5.75 Å². The highest BCUT2D eigenvalue weighted by Gasteiger charge is 2.50. The molecule has 2 bridgehead atoms. The van der Waals surface area contributed by atoms with Crippen LogP contribution in [0.1, 0.15) is 62.3 Å². The summed E-state index contributed by atoms with van der Waals surface area (Å²) in [5.74, 6) is 0.508. The number of nitrogens with zero attached hydrogens (tertiary/aromatic N) is 3. The second-order valence-corrected chi connectivity index (χ2v) is 12.6. The Balaban J connectivity index is 1.60. The van der Waals surface area contributed by atoms with Crippen molar-refractivity contribution in [2.24, 2.45) is 0 Å². The Hall–Kier alpha value is -4.05. The van der Waals surface area contributed by atoms with Gasteiger partial charge in [-0.15, -0.1) is 0 Å². The summed E-state index contributed by atoms with van der Waals surface area (Å²) in [5.41, 5.74) is 3.89. The summed E-state index contributed by atoms with van der Waals surface area (Å²) < 4.78 is 11.2. The molecule has 0 aromatic heterocycles. The lowest BCUT2D eigenvalue weighted by Gasteiger charge is -2.50. The molecule has 230 valence electrons. The van der Waals surface area contributed by atoms with Crippen LogP contribution in [0.3, 0.4) is 0 Å². The molecule has 2 unspecified atom stereocenters. The summed E-state index contributed by atoms with van der Waals surface area (Å²) >= 11 is 0. The first-order valence-corrected chi connectivity index (χ1v) is 14.8. The van der Waals surface area contributed by atoms with Crippen LogP contribution in [0.15, 0.2) is 48.0 Å². The quantitative estimate of drug-likeness (QED) is 0.474. The number of benzene rings is 2. The number of aliphatic hydroxyl groups excluding tert-OH is 1. The van der Waals surface area contributed by atoms with Gasteiger partial charge in [-0.05, 0) is 80.9 Å². The largest absolute Gasteiger partial charge is 0.496 e. The molecule has 10 nitrogen and oxygen atoms in total. The van der Waals surface area contributed by atoms with E-state index in [1.165, 1.54) is 9.80 Å². The zero-order chi connectivity index (χ0) is 31.1. The van der Waals surface area contributed by atoms with E-state index in [0.717, 1.165) is 46.4 Å². The first-order chi connectivity index (χ1) is 20.4. The fourth-order valence-electron chi connectivity index (χ4n) is 6.17. The van der Waals surface area contributed by atoms with E-state index in [1.54, 1.807) is 27.9 Å². The molecule has 2 atom stereocenters. The zero-order valence-electron chi connectivity index (χ0n) is 25.5. The molecule has 1 aliphatic carbocycles. The van der Waals surface area contributed by atoms with E-state index < -0.39 is 29.9 Å². The van der Waals surface area contributed by atoms with Gasteiger partial charge >= 0.3 is 12.2 Å². The van der Waals surface area contributed by atoms with Crippen LogP contribution in [0.5, 0.6) is 5.75 Å². The summed E-state index contributed by atoms with van der Waals surface area (Å²) in [5, 5.41) is 20.0. The van der Waals surface area contributed by atoms with E-state index in [1.807, 2.05) is 54.3 Å². The zero-order valence-corrected chi connectivity index (χ0v) is 25.5. The number of ether oxygens (including phenoxy) is 2. The Kier molecular flexibility index (Phi) is 8.42. The lowest BCUT2D eigenvalue weighted by Crippen LogP contribution is -2.65. The summed E-state index contributed by atoms with van der Waals surface area (Å²) in [4.78, 5) is 45.4. The minimum Gasteiger partial charge on any atom is -0.496 e. The Labute approximate surface area is 252 Å². The van der Waals surface area contributed by atoms with E-state index in [2.05, 4.69) is 0 Å². The van der Waals surface area contributed by atoms with Gasteiger partial charge in [0, 0.05) is 31.2 Å². The highest BCUT2D eigenvalue weighted by Crippen LogP contribution is 2.41. The number of carbonyl (C=O) groups is 3. The minimum atomic E-state index is -1.12. The van der Waals surface area contributed by atoms with Crippen LogP contribution in [0, 0.1) is 6.92 Å². The summed E-state index contributed by atoms with van der Waals surface area (Å²) in [6.45, 7) is 7.74. The molecule has 2 N–H and O–H groups in total. The summed E-state index contributed by atoms with van der Waals surface area (Å²) in [6.07, 6.45) is 0.338. The van der Waals surface area contributed by atoms with Crippen molar-refractivity contribution in [3.63, 3.8) is 0 Å². The number of hydrogen-bond donors (Lipinski definition) is 2. The molecule has 2 heterocycles. The van der Waals surface area contributed by atoms with Crippen molar-refractivity contribution < 1.29 is 34.1 Å². The molecule has 2 aliphatic heterocycles. The minimum absolute atomic E-state index is 0.00764. The van der Waals surface area contributed by atoms with Crippen LogP contribution >= 0.6 is 0 Å². The van der Waals surface area contributed by atoms with E-state index in [0.29, 0.717) is 12.1 Å². The molecule has 5 rings (SSSR count). The monoisotopic (exact) mass is 591 g/mol. The van der Waals surface area contributed by atoms with Gasteiger partial charge in [0.25, 0.3) is 5.91 Å².